The normalized spacial score (nSPS) is 14.7. The third-order valence-electron chi connectivity index (χ3n) is 3.18. The van der Waals surface area contributed by atoms with Gasteiger partial charge in [0.15, 0.2) is 0 Å². The predicted molar refractivity (Wildman–Crippen MR) is 79.5 cm³/mol. The van der Waals surface area contributed by atoms with Gasteiger partial charge in [0.25, 0.3) is 0 Å². The third kappa shape index (κ3) is 4.07. The summed E-state index contributed by atoms with van der Waals surface area (Å²) >= 11 is 0. The van der Waals surface area contributed by atoms with Crippen molar-refractivity contribution in [2.45, 2.75) is 52.6 Å². The molecule has 1 aromatic rings. The first-order valence-electron chi connectivity index (χ1n) is 7.48. The molecule has 1 aliphatic carbocycles. The van der Waals surface area contributed by atoms with Gasteiger partial charge in [-0.15, -0.1) is 0 Å². The van der Waals surface area contributed by atoms with Gasteiger partial charge in [-0.25, -0.2) is 4.98 Å². The molecular weight excluding hydrogens is 254 g/mol. The van der Waals surface area contributed by atoms with E-state index in [2.05, 4.69) is 22.2 Å². The minimum absolute atomic E-state index is 0.226. The highest BCUT2D eigenvalue weighted by molar-refractivity contribution is 5.49. The van der Waals surface area contributed by atoms with Gasteiger partial charge in [0, 0.05) is 12.5 Å². The highest BCUT2D eigenvalue weighted by Crippen LogP contribution is 2.39. The molecule has 0 radical (unpaired) electrons. The zero-order valence-electron chi connectivity index (χ0n) is 12.9. The number of nitrogens with one attached hydrogen (secondary N) is 1. The molecule has 0 aliphatic heterocycles. The van der Waals surface area contributed by atoms with Crippen LogP contribution in [0.15, 0.2) is 0 Å². The van der Waals surface area contributed by atoms with Crippen LogP contribution in [-0.2, 0) is 4.74 Å². The SMILES string of the molecule is CCNc1nc(C2CC2)nc(OCCOC(C)C)c1C. The Morgan fingerprint density at radius 1 is 1.25 bits per heavy atom. The average molecular weight is 279 g/mol. The van der Waals surface area contributed by atoms with E-state index in [4.69, 9.17) is 9.47 Å². The first-order chi connectivity index (χ1) is 9.61. The van der Waals surface area contributed by atoms with Gasteiger partial charge in [-0.3, -0.25) is 0 Å². The second kappa shape index (κ2) is 6.88. The number of hydrogen-bond donors (Lipinski definition) is 1. The summed E-state index contributed by atoms with van der Waals surface area (Å²) in [6.07, 6.45) is 2.60. The van der Waals surface area contributed by atoms with E-state index in [1.54, 1.807) is 0 Å². The fourth-order valence-electron chi connectivity index (χ4n) is 1.94. The third-order valence-corrected chi connectivity index (χ3v) is 3.18. The number of rotatable bonds is 8. The van der Waals surface area contributed by atoms with Crippen LogP contribution in [0, 0.1) is 6.92 Å². The number of ether oxygens (including phenoxy) is 2. The molecule has 0 aromatic carbocycles. The predicted octanol–water partition coefficient (Wildman–Crippen LogP) is 2.90. The number of hydrogen-bond acceptors (Lipinski definition) is 5. The van der Waals surface area contributed by atoms with E-state index in [1.165, 1.54) is 12.8 Å². The van der Waals surface area contributed by atoms with Crippen molar-refractivity contribution in [2.24, 2.45) is 0 Å². The molecule has 1 aromatic heterocycles. The second-order valence-corrected chi connectivity index (χ2v) is 5.43. The highest BCUT2D eigenvalue weighted by atomic mass is 16.5. The van der Waals surface area contributed by atoms with E-state index in [0.29, 0.717) is 25.0 Å². The van der Waals surface area contributed by atoms with Crippen LogP contribution >= 0.6 is 0 Å². The summed E-state index contributed by atoms with van der Waals surface area (Å²) in [7, 11) is 0. The summed E-state index contributed by atoms with van der Waals surface area (Å²) in [6.45, 7) is 10.0. The second-order valence-electron chi connectivity index (χ2n) is 5.43. The van der Waals surface area contributed by atoms with Gasteiger partial charge in [0.1, 0.15) is 18.2 Å². The van der Waals surface area contributed by atoms with Gasteiger partial charge >= 0.3 is 0 Å². The maximum Gasteiger partial charge on any atom is 0.221 e. The Morgan fingerprint density at radius 2 is 2.00 bits per heavy atom. The van der Waals surface area contributed by atoms with Crippen molar-refractivity contribution in [1.82, 2.24) is 9.97 Å². The highest BCUT2D eigenvalue weighted by Gasteiger charge is 2.28. The molecule has 1 fully saturated rings. The lowest BCUT2D eigenvalue weighted by atomic mass is 10.3. The Labute approximate surface area is 121 Å². The minimum Gasteiger partial charge on any atom is -0.475 e. The zero-order valence-corrected chi connectivity index (χ0v) is 12.9. The fraction of sp³-hybridized carbons (Fsp3) is 0.733. The molecule has 0 saturated heterocycles. The molecule has 0 unspecified atom stereocenters. The van der Waals surface area contributed by atoms with Crippen LogP contribution in [0.3, 0.4) is 0 Å². The zero-order chi connectivity index (χ0) is 14.5. The topological polar surface area (TPSA) is 56.3 Å². The molecule has 5 heteroatoms. The van der Waals surface area contributed by atoms with Crippen LogP contribution in [0.5, 0.6) is 5.88 Å². The summed E-state index contributed by atoms with van der Waals surface area (Å²) in [5.41, 5.74) is 0.973. The Morgan fingerprint density at radius 3 is 2.60 bits per heavy atom. The summed E-state index contributed by atoms with van der Waals surface area (Å²) in [5, 5.41) is 3.29. The van der Waals surface area contributed by atoms with Gasteiger partial charge in [-0.1, -0.05) is 0 Å². The van der Waals surface area contributed by atoms with Crippen LogP contribution < -0.4 is 10.1 Å². The molecule has 1 saturated carbocycles. The van der Waals surface area contributed by atoms with E-state index in [-0.39, 0.29) is 6.10 Å². The average Bonchev–Trinajstić information content (AvgIpc) is 3.22. The number of aromatic nitrogens is 2. The van der Waals surface area contributed by atoms with Crippen molar-refractivity contribution in [3.8, 4) is 5.88 Å². The van der Waals surface area contributed by atoms with E-state index >= 15 is 0 Å². The molecule has 2 rings (SSSR count). The molecule has 1 aliphatic rings. The molecule has 0 bridgehead atoms. The Balaban J connectivity index is 2.05. The van der Waals surface area contributed by atoms with Gasteiger partial charge in [0.05, 0.1) is 18.3 Å². The number of anilines is 1. The smallest absolute Gasteiger partial charge is 0.221 e. The number of nitrogens with zero attached hydrogens (tertiary/aromatic N) is 2. The van der Waals surface area contributed by atoms with Crippen LogP contribution in [0.1, 0.15) is 50.9 Å². The van der Waals surface area contributed by atoms with Gasteiger partial charge in [0.2, 0.25) is 5.88 Å². The van der Waals surface area contributed by atoms with Crippen molar-refractivity contribution in [1.29, 1.82) is 0 Å². The minimum atomic E-state index is 0.226. The molecule has 0 atom stereocenters. The van der Waals surface area contributed by atoms with Crippen molar-refractivity contribution in [2.75, 3.05) is 25.1 Å². The van der Waals surface area contributed by atoms with Crippen molar-refractivity contribution < 1.29 is 9.47 Å². The maximum absolute atomic E-state index is 5.78. The summed E-state index contributed by atoms with van der Waals surface area (Å²) in [5.74, 6) is 3.00. The molecular formula is C15H25N3O2. The lowest BCUT2D eigenvalue weighted by Gasteiger charge is -2.14. The van der Waals surface area contributed by atoms with Crippen molar-refractivity contribution in [3.63, 3.8) is 0 Å². The summed E-state index contributed by atoms with van der Waals surface area (Å²) in [4.78, 5) is 9.17. The van der Waals surface area contributed by atoms with Crippen molar-refractivity contribution >= 4 is 5.82 Å². The first kappa shape index (κ1) is 15.0. The van der Waals surface area contributed by atoms with Gasteiger partial charge in [-0.2, -0.15) is 4.98 Å². The lowest BCUT2D eigenvalue weighted by molar-refractivity contribution is 0.0540. The summed E-state index contributed by atoms with van der Waals surface area (Å²) < 4.78 is 11.3. The lowest BCUT2D eigenvalue weighted by Crippen LogP contribution is -2.14. The molecule has 1 heterocycles. The molecule has 0 spiro atoms. The van der Waals surface area contributed by atoms with E-state index < -0.39 is 0 Å². The largest absolute Gasteiger partial charge is 0.475 e. The Bertz CT molecular complexity index is 445. The van der Waals surface area contributed by atoms with Crippen molar-refractivity contribution in [3.05, 3.63) is 11.4 Å². The van der Waals surface area contributed by atoms with Crippen LogP contribution in [0.25, 0.3) is 0 Å². The Kier molecular flexibility index (Phi) is 5.17. The van der Waals surface area contributed by atoms with Crippen LogP contribution in [0.2, 0.25) is 0 Å². The molecule has 112 valence electrons. The molecule has 1 N–H and O–H groups in total. The van der Waals surface area contributed by atoms with Crippen LogP contribution in [0.4, 0.5) is 5.82 Å². The fourth-order valence-corrected chi connectivity index (χ4v) is 1.94. The van der Waals surface area contributed by atoms with Gasteiger partial charge in [-0.05, 0) is 40.5 Å². The molecule has 20 heavy (non-hydrogen) atoms. The van der Waals surface area contributed by atoms with Gasteiger partial charge < -0.3 is 14.8 Å². The van der Waals surface area contributed by atoms with E-state index in [1.807, 2.05) is 20.8 Å². The molecule has 5 nitrogen and oxygen atoms in total. The summed E-state index contributed by atoms with van der Waals surface area (Å²) in [6, 6.07) is 0. The first-order valence-corrected chi connectivity index (χ1v) is 7.48. The van der Waals surface area contributed by atoms with E-state index in [9.17, 15) is 0 Å². The quantitative estimate of drug-likeness (QED) is 0.741. The molecule has 0 amide bonds. The Hall–Kier alpha value is -1.36. The van der Waals surface area contributed by atoms with Crippen LogP contribution in [-0.4, -0.2) is 35.8 Å². The standard InChI is InChI=1S/C15H25N3O2/c1-5-16-13-11(4)15(20-9-8-19-10(2)3)18-14(17-13)12-6-7-12/h10,12H,5-9H2,1-4H3,(H,16,17,18). The monoisotopic (exact) mass is 279 g/mol. The van der Waals surface area contributed by atoms with E-state index in [0.717, 1.165) is 23.8 Å². The maximum atomic E-state index is 5.78.